The highest BCUT2D eigenvalue weighted by atomic mass is 16.6. The summed E-state index contributed by atoms with van der Waals surface area (Å²) in [7, 11) is 0. The van der Waals surface area contributed by atoms with E-state index < -0.39 is 0 Å². The van der Waals surface area contributed by atoms with Crippen LogP contribution < -0.4 is 5.32 Å². The van der Waals surface area contributed by atoms with E-state index in [0.717, 1.165) is 0 Å². The molecule has 0 saturated carbocycles. The van der Waals surface area contributed by atoms with Crippen LogP contribution in [0.4, 0.5) is 4.79 Å². The molecule has 0 aliphatic carbocycles. The molecule has 0 unspecified atom stereocenters. The van der Waals surface area contributed by atoms with Gasteiger partial charge in [-0.3, -0.25) is 0 Å². The van der Waals surface area contributed by atoms with E-state index in [1.54, 1.807) is 12.2 Å². The number of rotatable bonds is 1. The maximum Gasteiger partial charge on any atom is 0.412 e. The number of hydrogen-bond acceptors (Lipinski definition) is 2. The zero-order chi connectivity index (χ0) is 6.69. The lowest BCUT2D eigenvalue weighted by Crippen LogP contribution is -2.11. The van der Waals surface area contributed by atoms with Crippen molar-refractivity contribution in [3.8, 4) is 0 Å². The van der Waals surface area contributed by atoms with Gasteiger partial charge in [0, 0.05) is 0 Å². The molecule has 1 aliphatic rings. The van der Waals surface area contributed by atoms with Gasteiger partial charge in [-0.25, -0.2) is 4.79 Å². The number of hydrogen-bond donors (Lipinski definition) is 1. The lowest BCUT2D eigenvalue weighted by molar-refractivity contribution is 0.195. The Kier molecular flexibility index (Phi) is 1.53. The van der Waals surface area contributed by atoms with Crippen molar-refractivity contribution < 1.29 is 9.53 Å². The highest BCUT2D eigenvalue weighted by Crippen LogP contribution is 2.02. The summed E-state index contributed by atoms with van der Waals surface area (Å²) in [6.07, 6.45) is 2.84. The monoisotopic (exact) mass is 125 g/mol. The number of ether oxygens (including phenoxy) is 1. The molecule has 1 fully saturated rings. The Bertz CT molecular complexity index is 172. The summed E-state index contributed by atoms with van der Waals surface area (Å²) in [5.41, 5.74) is 0. The van der Waals surface area contributed by atoms with E-state index in [1.807, 2.05) is 0 Å². The van der Waals surface area contributed by atoms with Crippen LogP contribution in [0.3, 0.4) is 0 Å². The molecule has 1 heterocycles. The zero-order valence-corrected chi connectivity index (χ0v) is 4.89. The van der Waals surface area contributed by atoms with Gasteiger partial charge >= 0.3 is 6.09 Å². The van der Waals surface area contributed by atoms with E-state index in [-0.39, 0.29) is 6.09 Å². The summed E-state index contributed by atoms with van der Waals surface area (Å²) < 4.78 is 4.64. The molecule has 48 valence electrons. The number of nitrogens with one attached hydrogen (secondary N) is 1. The van der Waals surface area contributed by atoms with Crippen molar-refractivity contribution in [1.29, 1.82) is 0 Å². The maximum atomic E-state index is 10.3. The highest BCUT2D eigenvalue weighted by Gasteiger charge is 2.13. The summed E-state index contributed by atoms with van der Waals surface area (Å²) in [4.78, 5) is 10.3. The average molecular weight is 125 g/mol. The number of cyclic esters (lactones) is 1. The third kappa shape index (κ3) is 1.32. The molecular formula is C6H7NO2. The molecule has 1 rings (SSSR count). The first-order valence-corrected chi connectivity index (χ1v) is 2.60. The van der Waals surface area contributed by atoms with Crippen molar-refractivity contribution in [2.24, 2.45) is 0 Å². The van der Waals surface area contributed by atoms with Crippen molar-refractivity contribution >= 4 is 6.09 Å². The first-order chi connectivity index (χ1) is 4.33. The molecule has 3 heteroatoms. The van der Waals surface area contributed by atoms with Gasteiger partial charge < -0.3 is 10.1 Å². The first-order valence-electron chi connectivity index (χ1n) is 2.60. The van der Waals surface area contributed by atoms with Crippen LogP contribution in [0.5, 0.6) is 0 Å². The summed E-state index contributed by atoms with van der Waals surface area (Å²) in [6, 6.07) is 0. The summed E-state index contributed by atoms with van der Waals surface area (Å²) >= 11 is 0. The van der Waals surface area contributed by atoms with Gasteiger partial charge in [-0.2, -0.15) is 0 Å². The predicted octanol–water partition coefficient (Wildman–Crippen LogP) is 0.796. The van der Waals surface area contributed by atoms with Crippen molar-refractivity contribution in [2.75, 3.05) is 6.54 Å². The number of allylic oxidation sites excluding steroid dienone is 2. The minimum Gasteiger partial charge on any atom is -0.413 e. The molecule has 0 aromatic rings. The molecule has 1 N–H and O–H groups in total. The quantitative estimate of drug-likeness (QED) is 0.562. The molecule has 0 bridgehead atoms. The number of alkyl carbamates (subject to hydrolysis) is 1. The number of amides is 1. The van der Waals surface area contributed by atoms with Gasteiger partial charge in [0.25, 0.3) is 0 Å². The first kappa shape index (κ1) is 5.88. The largest absolute Gasteiger partial charge is 0.413 e. The lowest BCUT2D eigenvalue weighted by Gasteiger charge is -1.86. The van der Waals surface area contributed by atoms with E-state index in [4.69, 9.17) is 0 Å². The molecule has 1 amide bonds. The van der Waals surface area contributed by atoms with Gasteiger partial charge in [0.1, 0.15) is 5.76 Å². The van der Waals surface area contributed by atoms with Crippen molar-refractivity contribution in [2.45, 2.75) is 0 Å². The normalized spacial score (nSPS) is 21.3. The second-order valence-electron chi connectivity index (χ2n) is 1.61. The highest BCUT2D eigenvalue weighted by molar-refractivity contribution is 5.71. The van der Waals surface area contributed by atoms with Gasteiger partial charge in [-0.1, -0.05) is 12.7 Å². The third-order valence-corrected chi connectivity index (χ3v) is 0.934. The van der Waals surface area contributed by atoms with Crippen LogP contribution in [0.2, 0.25) is 0 Å². The summed E-state index contributed by atoms with van der Waals surface area (Å²) in [5, 5.41) is 2.48. The van der Waals surface area contributed by atoms with Crippen LogP contribution in [0, 0.1) is 0 Å². The second kappa shape index (κ2) is 2.35. The molecule has 0 aromatic heterocycles. The second-order valence-corrected chi connectivity index (χ2v) is 1.61. The Labute approximate surface area is 53.0 Å². The van der Waals surface area contributed by atoms with Crippen molar-refractivity contribution in [3.63, 3.8) is 0 Å². The molecule has 3 nitrogen and oxygen atoms in total. The lowest BCUT2D eigenvalue weighted by atomic mass is 10.4. The van der Waals surface area contributed by atoms with Crippen molar-refractivity contribution in [3.05, 3.63) is 24.5 Å². The van der Waals surface area contributed by atoms with E-state index in [1.165, 1.54) is 0 Å². The minimum absolute atomic E-state index is 0.386. The summed E-state index contributed by atoms with van der Waals surface area (Å²) in [6.45, 7) is 3.93. The molecule has 0 atom stereocenters. The van der Waals surface area contributed by atoms with E-state index in [0.29, 0.717) is 12.3 Å². The van der Waals surface area contributed by atoms with E-state index >= 15 is 0 Å². The van der Waals surface area contributed by atoms with Crippen molar-refractivity contribution in [1.82, 2.24) is 5.32 Å². The van der Waals surface area contributed by atoms with Gasteiger partial charge in [0.15, 0.2) is 0 Å². The standard InChI is InChI=1S/C6H7NO2/c1-2-3-5-4-7-6(8)9-5/h2-3H,1,4H2,(H,7,8). The third-order valence-electron chi connectivity index (χ3n) is 0.934. The number of carbonyl (C=O) groups is 1. The Morgan fingerprint density at radius 3 is 3.00 bits per heavy atom. The van der Waals surface area contributed by atoms with Gasteiger partial charge in [0.05, 0.1) is 6.54 Å². The van der Waals surface area contributed by atoms with Gasteiger partial charge in [-0.05, 0) is 6.08 Å². The molecule has 1 saturated heterocycles. The topological polar surface area (TPSA) is 38.3 Å². The fraction of sp³-hybridized carbons (Fsp3) is 0.167. The van der Waals surface area contributed by atoms with Gasteiger partial charge in [0.2, 0.25) is 0 Å². The average Bonchev–Trinajstić information content (AvgIpc) is 2.17. The smallest absolute Gasteiger partial charge is 0.412 e. The summed E-state index contributed by atoms with van der Waals surface area (Å²) in [5.74, 6) is 0.620. The van der Waals surface area contributed by atoms with Crippen LogP contribution in [-0.2, 0) is 4.74 Å². The van der Waals surface area contributed by atoms with Crippen LogP contribution in [0.25, 0.3) is 0 Å². The van der Waals surface area contributed by atoms with Gasteiger partial charge in [-0.15, -0.1) is 0 Å². The van der Waals surface area contributed by atoms with Crippen LogP contribution >= 0.6 is 0 Å². The van der Waals surface area contributed by atoms with Crippen LogP contribution in [0.1, 0.15) is 0 Å². The van der Waals surface area contributed by atoms with Crippen LogP contribution in [-0.4, -0.2) is 12.6 Å². The number of carbonyl (C=O) groups excluding carboxylic acids is 1. The maximum absolute atomic E-state index is 10.3. The molecular weight excluding hydrogens is 118 g/mol. The molecule has 0 spiro atoms. The SMILES string of the molecule is C=CC=C1CNC(=O)O1. The molecule has 0 aromatic carbocycles. The van der Waals surface area contributed by atoms with E-state index in [2.05, 4.69) is 16.6 Å². The Balaban J connectivity index is 2.57. The van der Waals surface area contributed by atoms with E-state index in [9.17, 15) is 4.79 Å². The predicted molar refractivity (Wildman–Crippen MR) is 32.8 cm³/mol. The Morgan fingerprint density at radius 1 is 1.78 bits per heavy atom. The Morgan fingerprint density at radius 2 is 2.56 bits per heavy atom. The zero-order valence-electron chi connectivity index (χ0n) is 4.89. The Hall–Kier alpha value is -1.25. The molecule has 1 aliphatic heterocycles. The van der Waals surface area contributed by atoms with Crippen LogP contribution in [0.15, 0.2) is 24.5 Å². The fourth-order valence-corrected chi connectivity index (χ4v) is 0.575. The molecule has 0 radical (unpaired) electrons. The fourth-order valence-electron chi connectivity index (χ4n) is 0.575. The minimum atomic E-state index is -0.386. The molecule has 9 heavy (non-hydrogen) atoms.